The Bertz CT molecular complexity index is 428. The SMILES string of the molecule is CCCCC/C=C/CC(=O)/C=C/C=C/C/C=C\CCCC(=O)O. The zero-order chi connectivity index (χ0) is 17.2. The number of hydrogen-bond acceptors (Lipinski definition) is 2. The van der Waals surface area contributed by atoms with Crippen molar-refractivity contribution >= 4 is 11.8 Å². The third-order valence-electron chi connectivity index (χ3n) is 3.19. The summed E-state index contributed by atoms with van der Waals surface area (Å²) in [7, 11) is 0. The Morgan fingerprint density at radius 3 is 2.35 bits per heavy atom. The molecule has 0 atom stereocenters. The molecule has 0 rings (SSSR count). The summed E-state index contributed by atoms with van der Waals surface area (Å²) < 4.78 is 0. The zero-order valence-electron chi connectivity index (χ0n) is 14.2. The molecule has 0 aromatic carbocycles. The monoisotopic (exact) mass is 318 g/mol. The van der Waals surface area contributed by atoms with Gasteiger partial charge in [-0.25, -0.2) is 0 Å². The fourth-order valence-electron chi connectivity index (χ4n) is 1.88. The van der Waals surface area contributed by atoms with E-state index in [0.29, 0.717) is 12.8 Å². The van der Waals surface area contributed by atoms with Crippen LogP contribution in [0.4, 0.5) is 0 Å². The molecule has 0 radical (unpaired) electrons. The lowest BCUT2D eigenvalue weighted by molar-refractivity contribution is -0.137. The lowest BCUT2D eigenvalue weighted by atomic mass is 10.1. The smallest absolute Gasteiger partial charge is 0.303 e. The molecule has 0 aliphatic heterocycles. The Kier molecular flexibility index (Phi) is 15.1. The molecule has 0 fully saturated rings. The van der Waals surface area contributed by atoms with Gasteiger partial charge in [-0.3, -0.25) is 9.59 Å². The number of carboxylic acid groups (broad SMARTS) is 1. The van der Waals surface area contributed by atoms with Crippen molar-refractivity contribution in [2.75, 3.05) is 0 Å². The summed E-state index contributed by atoms with van der Waals surface area (Å²) in [5, 5.41) is 8.49. The Hall–Kier alpha value is -1.90. The quantitative estimate of drug-likeness (QED) is 0.202. The van der Waals surface area contributed by atoms with Crippen molar-refractivity contribution in [3.63, 3.8) is 0 Å². The molecule has 128 valence electrons. The first-order valence-electron chi connectivity index (χ1n) is 8.54. The van der Waals surface area contributed by atoms with Gasteiger partial charge in [0, 0.05) is 12.8 Å². The Balaban J connectivity index is 3.64. The molecule has 3 heteroatoms. The van der Waals surface area contributed by atoms with E-state index in [9.17, 15) is 9.59 Å². The minimum atomic E-state index is -0.746. The molecule has 0 saturated carbocycles. The highest BCUT2D eigenvalue weighted by Crippen LogP contribution is 2.01. The lowest BCUT2D eigenvalue weighted by Crippen LogP contribution is -1.92. The maximum absolute atomic E-state index is 11.6. The lowest BCUT2D eigenvalue weighted by Gasteiger charge is -1.91. The van der Waals surface area contributed by atoms with E-state index in [4.69, 9.17) is 5.11 Å². The third-order valence-corrected chi connectivity index (χ3v) is 3.19. The maximum atomic E-state index is 11.6. The van der Waals surface area contributed by atoms with E-state index in [2.05, 4.69) is 13.0 Å². The van der Waals surface area contributed by atoms with Crippen molar-refractivity contribution in [3.05, 3.63) is 48.6 Å². The first kappa shape index (κ1) is 21.1. The second-order valence-corrected chi connectivity index (χ2v) is 5.42. The molecule has 1 N–H and O–H groups in total. The van der Waals surface area contributed by atoms with E-state index < -0.39 is 5.97 Å². The summed E-state index contributed by atoms with van der Waals surface area (Å²) in [5.41, 5.74) is 0. The summed E-state index contributed by atoms with van der Waals surface area (Å²) in [4.78, 5) is 21.9. The number of hydrogen-bond donors (Lipinski definition) is 1. The van der Waals surface area contributed by atoms with Crippen molar-refractivity contribution in [2.24, 2.45) is 0 Å². The molecule has 0 aliphatic rings. The van der Waals surface area contributed by atoms with Crippen molar-refractivity contribution in [2.45, 2.75) is 64.7 Å². The van der Waals surface area contributed by atoms with Crippen LogP contribution in [-0.4, -0.2) is 16.9 Å². The summed E-state index contributed by atoms with van der Waals surface area (Å²) in [6.45, 7) is 2.18. The fraction of sp³-hybridized carbons (Fsp3) is 0.500. The molecule has 0 unspecified atom stereocenters. The zero-order valence-corrected chi connectivity index (χ0v) is 14.2. The van der Waals surface area contributed by atoms with E-state index in [1.54, 1.807) is 12.2 Å². The van der Waals surface area contributed by atoms with Gasteiger partial charge >= 0.3 is 5.97 Å². The van der Waals surface area contributed by atoms with E-state index in [0.717, 1.165) is 19.3 Å². The summed E-state index contributed by atoms with van der Waals surface area (Å²) in [5.74, 6) is -0.630. The number of ketones is 1. The number of carboxylic acids is 1. The van der Waals surface area contributed by atoms with Gasteiger partial charge in [0.05, 0.1) is 0 Å². The van der Waals surface area contributed by atoms with E-state index in [-0.39, 0.29) is 12.2 Å². The standard InChI is InChI=1S/C20H30O3/c1-2-3-4-5-10-13-16-19(21)17-14-11-8-6-7-9-12-15-18-20(22)23/h7-11,13-14,17H,2-6,12,15-16,18H2,1H3,(H,22,23)/b9-7-,11-8+,13-10+,17-14+. The van der Waals surface area contributed by atoms with Crippen LogP contribution in [0.2, 0.25) is 0 Å². The molecule has 0 heterocycles. The number of allylic oxidation sites excluding steroid dienone is 8. The molecule has 3 nitrogen and oxygen atoms in total. The van der Waals surface area contributed by atoms with E-state index in [1.165, 1.54) is 19.3 Å². The predicted octanol–water partition coefficient (Wildman–Crippen LogP) is 5.40. The number of carbonyl (C=O) groups excluding carboxylic acids is 1. The molecule has 0 amide bonds. The van der Waals surface area contributed by atoms with Gasteiger partial charge in [-0.05, 0) is 38.2 Å². The van der Waals surface area contributed by atoms with Crippen molar-refractivity contribution in [3.8, 4) is 0 Å². The van der Waals surface area contributed by atoms with Crippen molar-refractivity contribution in [1.29, 1.82) is 0 Å². The van der Waals surface area contributed by atoms with Crippen molar-refractivity contribution in [1.82, 2.24) is 0 Å². The van der Waals surface area contributed by atoms with Gasteiger partial charge < -0.3 is 5.11 Å². The molecule has 0 bridgehead atoms. The van der Waals surface area contributed by atoms with Gasteiger partial charge in [0.15, 0.2) is 5.78 Å². The van der Waals surface area contributed by atoms with Crippen LogP contribution in [0.15, 0.2) is 48.6 Å². The number of aliphatic carboxylic acids is 1. The molecule has 0 aromatic heterocycles. The number of unbranched alkanes of at least 4 members (excludes halogenated alkanes) is 4. The molecule has 0 saturated heterocycles. The predicted molar refractivity (Wildman–Crippen MR) is 96.4 cm³/mol. The van der Waals surface area contributed by atoms with Crippen LogP contribution < -0.4 is 0 Å². The Labute approximate surface area is 140 Å². The fourth-order valence-corrected chi connectivity index (χ4v) is 1.88. The normalized spacial score (nSPS) is 12.2. The van der Waals surface area contributed by atoms with Crippen LogP contribution >= 0.6 is 0 Å². The van der Waals surface area contributed by atoms with Crippen LogP contribution in [-0.2, 0) is 9.59 Å². The van der Waals surface area contributed by atoms with Crippen LogP contribution in [0, 0.1) is 0 Å². The van der Waals surface area contributed by atoms with Crippen LogP contribution in [0.1, 0.15) is 64.7 Å². The number of rotatable bonds is 14. The minimum Gasteiger partial charge on any atom is -0.481 e. The summed E-state index contributed by atoms with van der Waals surface area (Å²) >= 11 is 0. The largest absolute Gasteiger partial charge is 0.481 e. The van der Waals surface area contributed by atoms with Gasteiger partial charge in [0.1, 0.15) is 0 Å². The minimum absolute atomic E-state index is 0.116. The number of carbonyl (C=O) groups is 2. The highest BCUT2D eigenvalue weighted by atomic mass is 16.4. The molecule has 0 spiro atoms. The summed E-state index contributed by atoms with van der Waals surface area (Å²) in [6, 6.07) is 0. The van der Waals surface area contributed by atoms with Gasteiger partial charge in [-0.2, -0.15) is 0 Å². The van der Waals surface area contributed by atoms with E-state index >= 15 is 0 Å². The van der Waals surface area contributed by atoms with Crippen LogP contribution in [0.25, 0.3) is 0 Å². The van der Waals surface area contributed by atoms with Gasteiger partial charge in [0.2, 0.25) is 0 Å². The highest BCUT2D eigenvalue weighted by Gasteiger charge is 1.92. The Morgan fingerprint density at radius 1 is 0.870 bits per heavy atom. The molecular weight excluding hydrogens is 288 g/mol. The van der Waals surface area contributed by atoms with Gasteiger partial charge in [-0.1, -0.05) is 62.3 Å². The molecule has 23 heavy (non-hydrogen) atoms. The molecule has 0 aromatic rings. The second-order valence-electron chi connectivity index (χ2n) is 5.42. The van der Waals surface area contributed by atoms with Crippen LogP contribution in [0.3, 0.4) is 0 Å². The summed E-state index contributed by atoms with van der Waals surface area (Å²) in [6.07, 6.45) is 22.9. The maximum Gasteiger partial charge on any atom is 0.303 e. The second kappa shape index (κ2) is 16.5. The van der Waals surface area contributed by atoms with Crippen LogP contribution in [0.5, 0.6) is 0 Å². The Morgan fingerprint density at radius 2 is 1.61 bits per heavy atom. The van der Waals surface area contributed by atoms with Gasteiger partial charge in [0.25, 0.3) is 0 Å². The average molecular weight is 318 g/mol. The topological polar surface area (TPSA) is 54.4 Å². The average Bonchev–Trinajstić information content (AvgIpc) is 2.52. The van der Waals surface area contributed by atoms with Gasteiger partial charge in [-0.15, -0.1) is 0 Å². The first-order chi connectivity index (χ1) is 11.2. The van der Waals surface area contributed by atoms with E-state index in [1.807, 2.05) is 30.4 Å². The molecule has 0 aliphatic carbocycles. The molecular formula is C20H30O3. The first-order valence-corrected chi connectivity index (χ1v) is 8.54. The van der Waals surface area contributed by atoms with Crippen molar-refractivity contribution < 1.29 is 14.7 Å². The highest BCUT2D eigenvalue weighted by molar-refractivity contribution is 5.90. The third kappa shape index (κ3) is 18.1.